The second-order valence-corrected chi connectivity index (χ2v) is 9.62. The average molecular weight is 422 g/mol. The molecule has 26 heavy (non-hydrogen) atoms. The van der Waals surface area contributed by atoms with Gasteiger partial charge in [0.05, 0.1) is 0 Å². The van der Waals surface area contributed by atoms with Gasteiger partial charge in [-0.25, -0.2) is 8.42 Å². The SMILES string of the molecule is O=P(O)(O)C(CCCc1cccc(Cc2ccccc2)c1)S(=O)(=O)[O-].[K+]. The molecule has 0 saturated carbocycles. The Bertz CT molecular complexity index is 851. The number of rotatable bonds is 8. The fourth-order valence-corrected chi connectivity index (χ4v) is 5.01. The van der Waals surface area contributed by atoms with Crippen molar-refractivity contribution in [2.75, 3.05) is 0 Å². The van der Waals surface area contributed by atoms with Crippen LogP contribution in [0.5, 0.6) is 0 Å². The molecule has 0 aliphatic carbocycles. The Hall–Kier alpha value is 0.136. The molecule has 0 saturated heterocycles. The van der Waals surface area contributed by atoms with Crippen LogP contribution >= 0.6 is 7.60 Å². The molecule has 2 aromatic rings. The minimum absolute atomic E-state index is 0. The molecule has 0 heterocycles. The van der Waals surface area contributed by atoms with Crippen LogP contribution in [0.25, 0.3) is 0 Å². The van der Waals surface area contributed by atoms with Crippen LogP contribution in [0.2, 0.25) is 0 Å². The Labute approximate surface area is 196 Å². The molecule has 0 radical (unpaired) electrons. The van der Waals surface area contributed by atoms with Crippen LogP contribution in [-0.2, 0) is 27.5 Å². The Morgan fingerprint density at radius 3 is 2.12 bits per heavy atom. The molecule has 0 aliphatic rings. The van der Waals surface area contributed by atoms with E-state index in [0.29, 0.717) is 6.42 Å². The smallest absolute Gasteiger partial charge is 0.747 e. The number of benzene rings is 2. The molecule has 0 aliphatic heterocycles. The molecule has 0 aromatic heterocycles. The zero-order valence-corrected chi connectivity index (χ0v) is 19.3. The maximum atomic E-state index is 11.2. The Morgan fingerprint density at radius 2 is 1.54 bits per heavy atom. The van der Waals surface area contributed by atoms with Crippen LogP contribution < -0.4 is 51.4 Å². The van der Waals surface area contributed by atoms with E-state index >= 15 is 0 Å². The molecule has 2 aromatic carbocycles. The summed E-state index contributed by atoms with van der Waals surface area (Å²) in [4.78, 5) is 15.9. The van der Waals surface area contributed by atoms with Crippen LogP contribution in [-0.4, -0.2) is 27.7 Å². The minimum Gasteiger partial charge on any atom is -0.747 e. The largest absolute Gasteiger partial charge is 1.00 e. The zero-order chi connectivity index (χ0) is 18.5. The predicted octanol–water partition coefficient (Wildman–Crippen LogP) is -0.347. The predicted molar refractivity (Wildman–Crippen MR) is 94.2 cm³/mol. The van der Waals surface area contributed by atoms with Crippen LogP contribution in [0.15, 0.2) is 54.6 Å². The quantitative estimate of drug-likeness (QED) is 0.342. The van der Waals surface area contributed by atoms with E-state index in [2.05, 4.69) is 0 Å². The van der Waals surface area contributed by atoms with Gasteiger partial charge in [-0.1, -0.05) is 54.6 Å². The molecule has 0 bridgehead atoms. The van der Waals surface area contributed by atoms with Crippen LogP contribution in [0.1, 0.15) is 29.5 Å². The first-order valence-corrected chi connectivity index (χ1v) is 10.9. The summed E-state index contributed by atoms with van der Waals surface area (Å²) in [6.07, 6.45) is 1.04. The van der Waals surface area contributed by atoms with Crippen LogP contribution in [0.3, 0.4) is 0 Å². The fraction of sp³-hybridized carbons (Fsp3) is 0.294. The van der Waals surface area contributed by atoms with Gasteiger partial charge >= 0.3 is 59.0 Å². The fourth-order valence-electron chi connectivity index (χ4n) is 2.69. The average Bonchev–Trinajstić information content (AvgIpc) is 2.50. The van der Waals surface area contributed by atoms with Gasteiger partial charge in [-0.3, -0.25) is 4.57 Å². The van der Waals surface area contributed by atoms with Gasteiger partial charge in [-0.2, -0.15) is 0 Å². The molecule has 0 fully saturated rings. The summed E-state index contributed by atoms with van der Waals surface area (Å²) in [5.41, 5.74) is 3.19. The van der Waals surface area contributed by atoms with Gasteiger partial charge in [-0.15, -0.1) is 0 Å². The van der Waals surface area contributed by atoms with Gasteiger partial charge in [0.1, 0.15) is 10.1 Å². The Morgan fingerprint density at radius 1 is 0.962 bits per heavy atom. The van der Waals surface area contributed by atoms with E-state index in [1.165, 1.54) is 5.56 Å². The third-order valence-corrected chi connectivity index (χ3v) is 7.38. The van der Waals surface area contributed by atoms with Crippen molar-refractivity contribution in [2.45, 2.75) is 30.7 Å². The Kier molecular flexibility index (Phi) is 9.87. The van der Waals surface area contributed by atoms with E-state index in [1.807, 2.05) is 54.6 Å². The third kappa shape index (κ3) is 8.02. The number of hydrogen-bond acceptors (Lipinski definition) is 4. The van der Waals surface area contributed by atoms with E-state index in [9.17, 15) is 17.5 Å². The molecule has 1 atom stereocenters. The molecule has 6 nitrogen and oxygen atoms in total. The van der Waals surface area contributed by atoms with Crippen LogP contribution in [0, 0.1) is 0 Å². The first-order chi connectivity index (χ1) is 11.7. The van der Waals surface area contributed by atoms with Crippen molar-refractivity contribution < 1.29 is 78.7 Å². The van der Waals surface area contributed by atoms with Gasteiger partial charge in [0.15, 0.2) is 4.99 Å². The molecule has 0 amide bonds. The Balaban J connectivity index is 0.00000338. The van der Waals surface area contributed by atoms with Crippen molar-refractivity contribution in [1.82, 2.24) is 0 Å². The van der Waals surface area contributed by atoms with E-state index in [-0.39, 0.29) is 64.2 Å². The topological polar surface area (TPSA) is 115 Å². The third-order valence-electron chi connectivity index (χ3n) is 3.87. The van der Waals surface area contributed by atoms with E-state index in [1.54, 1.807) is 0 Å². The first kappa shape index (κ1) is 24.2. The second kappa shape index (κ2) is 10.6. The van der Waals surface area contributed by atoms with Gasteiger partial charge in [-0.05, 0) is 42.4 Å². The van der Waals surface area contributed by atoms with Crippen molar-refractivity contribution in [3.05, 3.63) is 71.3 Å². The van der Waals surface area contributed by atoms with Crippen molar-refractivity contribution in [2.24, 2.45) is 0 Å². The van der Waals surface area contributed by atoms with E-state index < -0.39 is 22.7 Å². The molecule has 0 spiro atoms. The molecule has 136 valence electrons. The molecular weight excluding hydrogens is 402 g/mol. The van der Waals surface area contributed by atoms with Gasteiger partial charge in [0.2, 0.25) is 0 Å². The van der Waals surface area contributed by atoms with Crippen molar-refractivity contribution in [1.29, 1.82) is 0 Å². The summed E-state index contributed by atoms with van der Waals surface area (Å²) in [6.45, 7) is 0. The minimum atomic E-state index is -5.04. The zero-order valence-electron chi connectivity index (χ0n) is 14.5. The van der Waals surface area contributed by atoms with Gasteiger partial charge in [0, 0.05) is 0 Å². The van der Waals surface area contributed by atoms with Crippen molar-refractivity contribution in [3.63, 3.8) is 0 Å². The van der Waals surface area contributed by atoms with Crippen molar-refractivity contribution >= 4 is 17.7 Å². The normalized spacial score (nSPS) is 13.0. The molecule has 1 unspecified atom stereocenters. The molecule has 2 N–H and O–H groups in total. The van der Waals surface area contributed by atoms with Gasteiger partial charge in [0.25, 0.3) is 0 Å². The summed E-state index contributed by atoms with van der Waals surface area (Å²) in [7, 11) is -10.0. The van der Waals surface area contributed by atoms with E-state index in [0.717, 1.165) is 17.5 Å². The second-order valence-electron chi connectivity index (χ2n) is 5.91. The van der Waals surface area contributed by atoms with E-state index in [4.69, 9.17) is 9.79 Å². The summed E-state index contributed by atoms with van der Waals surface area (Å²) in [5.74, 6) is 0. The molecule has 2 rings (SSSR count). The number of hydrogen-bond donors (Lipinski definition) is 2. The summed E-state index contributed by atoms with van der Waals surface area (Å²) in [6, 6.07) is 17.6. The van der Waals surface area contributed by atoms with Gasteiger partial charge < -0.3 is 14.3 Å². The number of aryl methyl sites for hydroxylation is 1. The maximum absolute atomic E-state index is 11.2. The van der Waals surface area contributed by atoms with Crippen molar-refractivity contribution in [3.8, 4) is 0 Å². The summed E-state index contributed by atoms with van der Waals surface area (Å²) >= 11 is 0. The summed E-state index contributed by atoms with van der Waals surface area (Å²) in [5, 5.41) is 0. The summed E-state index contributed by atoms with van der Waals surface area (Å²) < 4.78 is 44.3. The monoisotopic (exact) mass is 422 g/mol. The molecule has 9 heteroatoms. The standard InChI is InChI=1S/C17H21O6PS.K/c18-24(19,20)17(25(21,22)23)11-5-9-15-8-4-10-16(13-15)12-14-6-2-1-3-7-14;/h1-4,6-8,10,13,17H,5,9,11-12H2,(H2,18,19,20)(H,21,22,23);/q;+1/p-1. The first-order valence-electron chi connectivity index (χ1n) is 7.78. The van der Waals surface area contributed by atoms with Crippen LogP contribution in [0.4, 0.5) is 0 Å². The molecular formula is C17H20KO6PS. The maximum Gasteiger partial charge on any atom is 1.00 e.